The summed E-state index contributed by atoms with van der Waals surface area (Å²) in [6, 6.07) is 12.0. The number of hydrogen-bond acceptors (Lipinski definition) is 7. The summed E-state index contributed by atoms with van der Waals surface area (Å²) in [6.45, 7) is 0.546. The number of nitrogens with zero attached hydrogens (tertiary/aromatic N) is 7. The molecule has 0 unspecified atom stereocenters. The molecule has 39 heavy (non-hydrogen) atoms. The highest BCUT2D eigenvalue weighted by Crippen LogP contribution is 2.37. The molecule has 2 aromatic carbocycles. The Morgan fingerprint density at radius 1 is 1.26 bits per heavy atom. The molecule has 6 rings (SSSR count). The van der Waals surface area contributed by atoms with Crippen molar-refractivity contribution < 1.29 is 5.76 Å². The van der Waals surface area contributed by atoms with Gasteiger partial charge in [-0.05, 0) is 48.7 Å². The summed E-state index contributed by atoms with van der Waals surface area (Å²) in [4.78, 5) is 4.43. The van der Waals surface area contributed by atoms with Crippen LogP contribution in [0.5, 0.6) is 0 Å². The van der Waals surface area contributed by atoms with Gasteiger partial charge in [0.15, 0.2) is 0 Å². The van der Waals surface area contributed by atoms with Gasteiger partial charge in [-0.15, -0.1) is 5.10 Å². The molecule has 1 atom stereocenters. The van der Waals surface area contributed by atoms with Crippen molar-refractivity contribution >= 4 is 33.9 Å². The molecule has 0 saturated heterocycles. The van der Waals surface area contributed by atoms with E-state index in [1.165, 1.54) is 18.3 Å². The smallest absolute Gasteiger partial charge is 0.123 e. The molecular weight excluding hydrogens is 517 g/mol. The summed E-state index contributed by atoms with van der Waals surface area (Å²) in [5.41, 5.74) is 3.87. The Kier molecular flexibility index (Phi) is 6.26. The van der Waals surface area contributed by atoms with Gasteiger partial charge in [-0.2, -0.15) is 10.4 Å². The molecule has 0 bridgehead atoms. The molecule has 1 fully saturated rings. The minimum atomic E-state index is -1.61. The Balaban J connectivity index is 1.40. The van der Waals surface area contributed by atoms with Crippen molar-refractivity contribution in [3.63, 3.8) is 0 Å². The molecule has 0 radical (unpaired) electrons. The lowest BCUT2D eigenvalue weighted by Gasteiger charge is -2.20. The van der Waals surface area contributed by atoms with E-state index in [1.54, 1.807) is 46.0 Å². The van der Waals surface area contributed by atoms with E-state index in [2.05, 4.69) is 37.1 Å². The number of halogens is 2. The standard InChI is InChI=1S/C28H25ClFN9/c1-38-21(9-11-34-38)8-10-32-26-18(14-31)15-33-28-23(26)12-20(13-24(28)29)35-27(17-2-4-19(30)5-3-17)25-16-39(37-36-25)22-6-7-22/h2-5,9,11-13,15-16,22,27,35H,6-8,10H2,1H3,(H,32,33)/t27-/m1/s1/i27D. The zero-order valence-electron chi connectivity index (χ0n) is 22.1. The SMILES string of the molecule is [2H][C@@](Nc1cc(Cl)c2ncc(C#N)c(NCCc3ccnn3C)c2c1)(c1ccc(F)cc1)c1cn(C2CC2)nn1. The number of aryl methyl sites for hydroxylation is 1. The van der Waals surface area contributed by atoms with Gasteiger partial charge in [0.1, 0.15) is 17.6 Å². The first-order valence-corrected chi connectivity index (χ1v) is 12.9. The predicted molar refractivity (Wildman–Crippen MR) is 147 cm³/mol. The molecule has 1 aliphatic rings. The van der Waals surface area contributed by atoms with Crippen LogP contribution < -0.4 is 10.6 Å². The average Bonchev–Trinajstić information content (AvgIpc) is 3.52. The quantitative estimate of drug-likeness (QED) is 0.256. The van der Waals surface area contributed by atoms with Gasteiger partial charge in [-0.3, -0.25) is 9.67 Å². The minimum absolute atomic E-state index is 0.282. The molecule has 3 aromatic heterocycles. The number of fused-ring (bicyclic) bond motifs is 1. The first-order chi connectivity index (χ1) is 19.4. The van der Waals surface area contributed by atoms with Gasteiger partial charge in [0.2, 0.25) is 0 Å². The van der Waals surface area contributed by atoms with Crippen molar-refractivity contribution in [2.24, 2.45) is 7.05 Å². The van der Waals surface area contributed by atoms with Crippen molar-refractivity contribution in [3.05, 3.63) is 94.4 Å². The molecule has 3 heterocycles. The van der Waals surface area contributed by atoms with Crippen molar-refractivity contribution in [2.45, 2.75) is 31.3 Å². The van der Waals surface area contributed by atoms with Gasteiger partial charge in [-0.1, -0.05) is 28.9 Å². The number of rotatable bonds is 9. The molecule has 1 saturated carbocycles. The third-order valence-corrected chi connectivity index (χ3v) is 7.03. The number of anilines is 2. The third kappa shape index (κ3) is 5.13. The van der Waals surface area contributed by atoms with Gasteiger partial charge < -0.3 is 10.6 Å². The van der Waals surface area contributed by atoms with Gasteiger partial charge >= 0.3 is 0 Å². The maximum atomic E-state index is 13.8. The summed E-state index contributed by atoms with van der Waals surface area (Å²) >= 11 is 6.69. The second kappa shape index (κ2) is 10.3. The normalized spacial score (nSPS) is 15.0. The van der Waals surface area contributed by atoms with E-state index in [4.69, 9.17) is 11.6 Å². The summed E-state index contributed by atoms with van der Waals surface area (Å²) in [6.07, 6.45) is 7.72. The van der Waals surface area contributed by atoms with Crippen LogP contribution in [0.1, 0.15) is 48.8 Å². The summed E-state index contributed by atoms with van der Waals surface area (Å²) in [5.74, 6) is -0.404. The monoisotopic (exact) mass is 542 g/mol. The van der Waals surface area contributed by atoms with E-state index >= 15 is 0 Å². The van der Waals surface area contributed by atoms with Crippen molar-refractivity contribution in [1.29, 1.82) is 5.26 Å². The fourth-order valence-electron chi connectivity index (χ4n) is 4.52. The first-order valence-electron chi connectivity index (χ1n) is 13.1. The van der Waals surface area contributed by atoms with Gasteiger partial charge in [0, 0.05) is 49.2 Å². The molecule has 0 aliphatic heterocycles. The van der Waals surface area contributed by atoms with Crippen LogP contribution >= 0.6 is 11.6 Å². The van der Waals surface area contributed by atoms with E-state index in [0.29, 0.717) is 57.1 Å². The zero-order chi connectivity index (χ0) is 27.9. The molecule has 0 spiro atoms. The summed E-state index contributed by atoms with van der Waals surface area (Å²) < 4.78 is 26.9. The van der Waals surface area contributed by atoms with Crippen LogP contribution in [0.4, 0.5) is 15.8 Å². The van der Waals surface area contributed by atoms with Crippen LogP contribution in [-0.4, -0.2) is 36.3 Å². The molecule has 2 N–H and O–H groups in total. The lowest BCUT2D eigenvalue weighted by atomic mass is 10.0. The minimum Gasteiger partial charge on any atom is -0.383 e. The molecular formula is C28H25ClFN9. The number of nitrogens with one attached hydrogen (secondary N) is 2. The number of hydrogen-bond donors (Lipinski definition) is 2. The zero-order valence-corrected chi connectivity index (χ0v) is 21.8. The first kappa shape index (κ1) is 23.6. The third-order valence-electron chi connectivity index (χ3n) is 6.74. The van der Waals surface area contributed by atoms with Gasteiger partial charge in [0.05, 0.1) is 41.4 Å². The molecule has 0 amide bonds. The van der Waals surface area contributed by atoms with Crippen LogP contribution in [0.3, 0.4) is 0 Å². The number of nitriles is 1. The maximum Gasteiger partial charge on any atom is 0.123 e. The van der Waals surface area contributed by atoms with Crippen LogP contribution in [0.25, 0.3) is 10.9 Å². The molecule has 196 valence electrons. The largest absolute Gasteiger partial charge is 0.383 e. The van der Waals surface area contributed by atoms with Crippen molar-refractivity contribution in [2.75, 3.05) is 17.2 Å². The molecule has 11 heteroatoms. The number of pyridine rings is 1. The number of aromatic nitrogens is 6. The number of benzene rings is 2. The Hall–Kier alpha value is -4.49. The Morgan fingerprint density at radius 3 is 2.79 bits per heavy atom. The highest BCUT2D eigenvalue weighted by molar-refractivity contribution is 6.35. The second-order valence-corrected chi connectivity index (χ2v) is 9.86. The van der Waals surface area contributed by atoms with Gasteiger partial charge in [-0.25, -0.2) is 9.07 Å². The maximum absolute atomic E-state index is 13.8. The highest BCUT2D eigenvalue weighted by Gasteiger charge is 2.27. The molecule has 9 nitrogen and oxygen atoms in total. The summed E-state index contributed by atoms with van der Waals surface area (Å²) in [5, 5.41) is 30.2. The van der Waals surface area contributed by atoms with E-state index in [1.807, 2.05) is 13.1 Å². The van der Waals surface area contributed by atoms with Crippen molar-refractivity contribution in [3.8, 4) is 6.07 Å². The second-order valence-electron chi connectivity index (χ2n) is 9.46. The van der Waals surface area contributed by atoms with Crippen LogP contribution in [0.2, 0.25) is 5.02 Å². The lowest BCUT2D eigenvalue weighted by Crippen LogP contribution is -2.13. The van der Waals surface area contributed by atoms with E-state index in [0.717, 1.165) is 18.5 Å². The van der Waals surface area contributed by atoms with Crippen LogP contribution in [0, 0.1) is 17.1 Å². The highest BCUT2D eigenvalue weighted by atomic mass is 35.5. The Bertz CT molecular complexity index is 1740. The van der Waals surface area contributed by atoms with Crippen LogP contribution in [0.15, 0.2) is 61.1 Å². The lowest BCUT2D eigenvalue weighted by molar-refractivity contribution is 0.610. The van der Waals surface area contributed by atoms with Crippen LogP contribution in [-0.2, 0) is 13.5 Å². The fourth-order valence-corrected chi connectivity index (χ4v) is 4.79. The topological polar surface area (TPSA) is 109 Å². The molecule has 5 aromatic rings. The molecule has 1 aliphatic carbocycles. The predicted octanol–water partition coefficient (Wildman–Crippen LogP) is 5.41. The average molecular weight is 543 g/mol. The summed E-state index contributed by atoms with van der Waals surface area (Å²) in [7, 11) is 1.88. The van der Waals surface area contributed by atoms with E-state index in [-0.39, 0.29) is 6.04 Å². The van der Waals surface area contributed by atoms with Gasteiger partial charge in [0.25, 0.3) is 0 Å². The fraction of sp³-hybridized carbons (Fsp3) is 0.250. The Morgan fingerprint density at radius 2 is 2.08 bits per heavy atom. The van der Waals surface area contributed by atoms with Crippen molar-refractivity contribution in [1.82, 2.24) is 29.8 Å². The van der Waals surface area contributed by atoms with E-state index < -0.39 is 11.8 Å². The Labute approximate surface area is 230 Å². The van der Waals surface area contributed by atoms with E-state index in [9.17, 15) is 11.0 Å².